The standard InChI is InChI=1S/C20H15BrN4O/c1-13-18-11-16(23-20(26)14-7-9-15(21)10-8-14)12-22-19(18)25(24-13)17-5-3-2-4-6-17/h2-12H,1H3,(H,23,26). The number of carbonyl (C=O) groups excluding carboxylic acids is 1. The molecule has 0 saturated carbocycles. The maximum atomic E-state index is 12.4. The molecule has 2 heterocycles. The Labute approximate surface area is 158 Å². The van der Waals surface area contributed by atoms with E-state index in [1.165, 1.54) is 0 Å². The van der Waals surface area contributed by atoms with Gasteiger partial charge in [-0.15, -0.1) is 0 Å². The van der Waals surface area contributed by atoms with Crippen molar-refractivity contribution in [2.24, 2.45) is 0 Å². The summed E-state index contributed by atoms with van der Waals surface area (Å²) < 4.78 is 2.74. The number of halogens is 1. The number of amides is 1. The van der Waals surface area contributed by atoms with Crippen molar-refractivity contribution in [3.8, 4) is 5.69 Å². The van der Waals surface area contributed by atoms with Crippen LogP contribution in [0.15, 0.2) is 71.3 Å². The maximum Gasteiger partial charge on any atom is 0.255 e. The second kappa shape index (κ2) is 6.72. The van der Waals surface area contributed by atoms with Crippen LogP contribution in [0.2, 0.25) is 0 Å². The van der Waals surface area contributed by atoms with Crippen LogP contribution >= 0.6 is 15.9 Å². The van der Waals surface area contributed by atoms with Crippen LogP contribution in [0.4, 0.5) is 5.69 Å². The summed E-state index contributed by atoms with van der Waals surface area (Å²) >= 11 is 3.37. The van der Waals surface area contributed by atoms with Crippen molar-refractivity contribution >= 4 is 38.6 Å². The SMILES string of the molecule is Cc1nn(-c2ccccc2)c2ncc(NC(=O)c3ccc(Br)cc3)cc12. The van der Waals surface area contributed by atoms with Gasteiger partial charge in [-0.05, 0) is 49.4 Å². The predicted octanol–water partition coefficient (Wildman–Crippen LogP) is 4.74. The lowest BCUT2D eigenvalue weighted by atomic mass is 10.2. The Hall–Kier alpha value is -2.99. The summed E-state index contributed by atoms with van der Waals surface area (Å²) in [6, 6.07) is 19.0. The Bertz CT molecular complexity index is 1090. The number of benzene rings is 2. The minimum absolute atomic E-state index is 0.174. The largest absolute Gasteiger partial charge is 0.321 e. The quantitative estimate of drug-likeness (QED) is 0.534. The molecule has 0 aliphatic rings. The van der Waals surface area contributed by atoms with Gasteiger partial charge in [0.05, 0.1) is 23.3 Å². The highest BCUT2D eigenvalue weighted by Gasteiger charge is 2.12. The fourth-order valence-corrected chi connectivity index (χ4v) is 3.03. The van der Waals surface area contributed by atoms with Gasteiger partial charge < -0.3 is 5.32 Å². The summed E-state index contributed by atoms with van der Waals surface area (Å²) in [4.78, 5) is 16.9. The summed E-state index contributed by atoms with van der Waals surface area (Å²) in [6.45, 7) is 1.93. The number of pyridine rings is 1. The zero-order valence-corrected chi connectivity index (χ0v) is 15.6. The minimum Gasteiger partial charge on any atom is -0.321 e. The summed E-state index contributed by atoms with van der Waals surface area (Å²) in [5.41, 5.74) is 3.79. The Morgan fingerprint density at radius 1 is 1.08 bits per heavy atom. The molecule has 0 bridgehead atoms. The lowest BCUT2D eigenvalue weighted by molar-refractivity contribution is 0.102. The van der Waals surface area contributed by atoms with Gasteiger partial charge in [-0.1, -0.05) is 34.1 Å². The van der Waals surface area contributed by atoms with E-state index >= 15 is 0 Å². The van der Waals surface area contributed by atoms with Crippen LogP contribution in [0.1, 0.15) is 16.1 Å². The van der Waals surface area contributed by atoms with Gasteiger partial charge in [0.1, 0.15) is 0 Å². The van der Waals surface area contributed by atoms with E-state index in [9.17, 15) is 4.79 Å². The molecule has 4 rings (SSSR count). The van der Waals surface area contributed by atoms with Crippen LogP contribution < -0.4 is 5.32 Å². The predicted molar refractivity (Wildman–Crippen MR) is 106 cm³/mol. The van der Waals surface area contributed by atoms with Crippen LogP contribution in [0.25, 0.3) is 16.7 Å². The molecule has 0 unspecified atom stereocenters. The molecule has 0 atom stereocenters. The molecule has 4 aromatic rings. The Balaban J connectivity index is 1.67. The number of fused-ring (bicyclic) bond motifs is 1. The van der Waals surface area contributed by atoms with Crippen LogP contribution in [-0.2, 0) is 0 Å². The average molecular weight is 407 g/mol. The van der Waals surface area contributed by atoms with Crippen molar-refractivity contribution in [3.63, 3.8) is 0 Å². The topological polar surface area (TPSA) is 59.8 Å². The number of hydrogen-bond donors (Lipinski definition) is 1. The first-order valence-corrected chi connectivity index (χ1v) is 8.89. The lowest BCUT2D eigenvalue weighted by Gasteiger charge is -2.06. The number of anilines is 1. The molecule has 1 N–H and O–H groups in total. The second-order valence-corrected chi connectivity index (χ2v) is 6.80. The van der Waals surface area contributed by atoms with Crippen LogP contribution in [0.3, 0.4) is 0 Å². The van der Waals surface area contributed by atoms with Gasteiger partial charge in [-0.3, -0.25) is 4.79 Å². The highest BCUT2D eigenvalue weighted by atomic mass is 79.9. The molecule has 26 heavy (non-hydrogen) atoms. The molecule has 1 amide bonds. The molecule has 0 aliphatic heterocycles. The van der Waals surface area contributed by atoms with Crippen molar-refractivity contribution in [1.82, 2.24) is 14.8 Å². The van der Waals surface area contributed by atoms with E-state index < -0.39 is 0 Å². The Morgan fingerprint density at radius 2 is 1.81 bits per heavy atom. The van der Waals surface area contributed by atoms with Gasteiger partial charge in [0.15, 0.2) is 5.65 Å². The number of para-hydroxylation sites is 1. The molecule has 128 valence electrons. The first-order valence-electron chi connectivity index (χ1n) is 8.09. The molecule has 0 saturated heterocycles. The van der Waals surface area contributed by atoms with Crippen molar-refractivity contribution < 1.29 is 4.79 Å². The van der Waals surface area contributed by atoms with Gasteiger partial charge in [0, 0.05) is 15.4 Å². The molecular weight excluding hydrogens is 392 g/mol. The smallest absolute Gasteiger partial charge is 0.255 e. The third-order valence-corrected chi connectivity index (χ3v) is 4.60. The van der Waals surface area contributed by atoms with Gasteiger partial charge in [0.25, 0.3) is 5.91 Å². The number of nitrogens with zero attached hydrogens (tertiary/aromatic N) is 3. The number of hydrogen-bond acceptors (Lipinski definition) is 3. The number of aromatic nitrogens is 3. The van der Waals surface area contributed by atoms with Gasteiger partial charge >= 0.3 is 0 Å². The fraction of sp³-hybridized carbons (Fsp3) is 0.0500. The van der Waals surface area contributed by atoms with Crippen LogP contribution in [0, 0.1) is 6.92 Å². The first-order chi connectivity index (χ1) is 12.6. The summed E-state index contributed by atoms with van der Waals surface area (Å²) in [5, 5.41) is 8.38. The highest BCUT2D eigenvalue weighted by Crippen LogP contribution is 2.23. The zero-order chi connectivity index (χ0) is 18.1. The van der Waals surface area contributed by atoms with Crippen molar-refractivity contribution in [3.05, 3.63) is 82.6 Å². The molecule has 0 fully saturated rings. The number of aryl methyl sites for hydroxylation is 1. The summed E-state index contributed by atoms with van der Waals surface area (Å²) in [5.74, 6) is -0.174. The van der Waals surface area contributed by atoms with E-state index in [4.69, 9.17) is 0 Å². The highest BCUT2D eigenvalue weighted by molar-refractivity contribution is 9.10. The van der Waals surface area contributed by atoms with E-state index in [1.807, 2.05) is 60.1 Å². The molecule has 2 aromatic carbocycles. The van der Waals surface area contributed by atoms with Crippen molar-refractivity contribution in [2.75, 3.05) is 5.32 Å². The number of carbonyl (C=O) groups is 1. The Morgan fingerprint density at radius 3 is 2.54 bits per heavy atom. The molecule has 2 aromatic heterocycles. The molecule has 0 aliphatic carbocycles. The maximum absolute atomic E-state index is 12.4. The van der Waals surface area contributed by atoms with E-state index in [0.29, 0.717) is 11.3 Å². The zero-order valence-electron chi connectivity index (χ0n) is 14.0. The first kappa shape index (κ1) is 16.5. The van der Waals surface area contributed by atoms with Gasteiger partial charge in [0.2, 0.25) is 0 Å². The Kier molecular flexibility index (Phi) is 4.26. The van der Waals surface area contributed by atoms with Crippen LogP contribution in [-0.4, -0.2) is 20.7 Å². The number of nitrogens with one attached hydrogen (secondary N) is 1. The third kappa shape index (κ3) is 3.11. The normalized spacial score (nSPS) is 10.8. The van der Waals surface area contributed by atoms with Gasteiger partial charge in [-0.25, -0.2) is 9.67 Å². The average Bonchev–Trinajstić information content (AvgIpc) is 2.99. The summed E-state index contributed by atoms with van der Waals surface area (Å²) in [7, 11) is 0. The fourth-order valence-electron chi connectivity index (χ4n) is 2.77. The molecule has 6 heteroatoms. The van der Waals surface area contributed by atoms with E-state index in [1.54, 1.807) is 18.3 Å². The lowest BCUT2D eigenvalue weighted by Crippen LogP contribution is -2.11. The number of rotatable bonds is 3. The second-order valence-electron chi connectivity index (χ2n) is 5.89. The molecule has 0 radical (unpaired) electrons. The van der Waals surface area contributed by atoms with Gasteiger partial charge in [-0.2, -0.15) is 5.10 Å². The minimum atomic E-state index is -0.174. The van der Waals surface area contributed by atoms with Crippen molar-refractivity contribution in [1.29, 1.82) is 0 Å². The summed E-state index contributed by atoms with van der Waals surface area (Å²) in [6.07, 6.45) is 1.65. The monoisotopic (exact) mass is 406 g/mol. The van der Waals surface area contributed by atoms with E-state index in [-0.39, 0.29) is 5.91 Å². The molecule has 0 spiro atoms. The van der Waals surface area contributed by atoms with Crippen molar-refractivity contribution in [2.45, 2.75) is 6.92 Å². The third-order valence-electron chi connectivity index (χ3n) is 4.07. The van der Waals surface area contributed by atoms with E-state index in [0.717, 1.165) is 26.9 Å². The van der Waals surface area contributed by atoms with Crippen LogP contribution in [0.5, 0.6) is 0 Å². The van der Waals surface area contributed by atoms with E-state index in [2.05, 4.69) is 31.3 Å². The molecule has 5 nitrogen and oxygen atoms in total. The molecular formula is C20H15BrN4O.